The van der Waals surface area contributed by atoms with Crippen LogP contribution in [0.25, 0.3) is 0 Å². The first-order valence-electron chi connectivity index (χ1n) is 9.55. The second-order valence-electron chi connectivity index (χ2n) is 7.43. The van der Waals surface area contributed by atoms with Crippen molar-refractivity contribution in [2.45, 2.75) is 31.0 Å². The van der Waals surface area contributed by atoms with E-state index in [0.717, 1.165) is 19.0 Å². The molecule has 0 aromatic carbocycles. The van der Waals surface area contributed by atoms with Crippen LogP contribution in [0, 0.1) is 5.92 Å². The van der Waals surface area contributed by atoms with E-state index < -0.39 is 37.2 Å². The normalized spacial score (nSPS) is 18.1. The Morgan fingerprint density at radius 2 is 1.97 bits per heavy atom. The van der Waals surface area contributed by atoms with E-state index in [2.05, 4.69) is 15.0 Å². The van der Waals surface area contributed by atoms with Gasteiger partial charge >= 0.3 is 12.1 Å². The molecule has 1 aliphatic carbocycles. The summed E-state index contributed by atoms with van der Waals surface area (Å²) in [6.07, 6.45) is 0.0275. The number of aromatic nitrogens is 3. The summed E-state index contributed by atoms with van der Waals surface area (Å²) in [7, 11) is 0. The fraction of sp³-hybridized carbons (Fsp3) is 0.474. The number of carboxylic acid groups (broad SMARTS) is 1. The number of nitrogens with zero attached hydrogens (tertiary/aromatic N) is 4. The molecular weight excluding hydrogens is 441 g/mol. The molecule has 0 bridgehead atoms. The summed E-state index contributed by atoms with van der Waals surface area (Å²) in [5.41, 5.74) is 4.46. The number of carbonyl (C=O) groups is 1. The Kier molecular flexibility index (Phi) is 6.77. The van der Waals surface area contributed by atoms with Gasteiger partial charge in [-0.2, -0.15) is 13.2 Å². The van der Waals surface area contributed by atoms with Gasteiger partial charge in [-0.25, -0.2) is 23.5 Å². The van der Waals surface area contributed by atoms with Crippen molar-refractivity contribution in [1.29, 1.82) is 0 Å². The van der Waals surface area contributed by atoms with E-state index in [0.29, 0.717) is 12.5 Å². The van der Waals surface area contributed by atoms with Gasteiger partial charge in [0.15, 0.2) is 11.5 Å². The summed E-state index contributed by atoms with van der Waals surface area (Å²) < 4.78 is 67.2. The van der Waals surface area contributed by atoms with Gasteiger partial charge in [0.05, 0.1) is 31.6 Å². The first-order valence-corrected chi connectivity index (χ1v) is 9.55. The Bertz CT molecular complexity index is 933. The zero-order valence-electron chi connectivity index (χ0n) is 16.6. The van der Waals surface area contributed by atoms with Gasteiger partial charge in [-0.1, -0.05) is 6.07 Å². The van der Waals surface area contributed by atoms with E-state index in [9.17, 15) is 26.7 Å². The highest BCUT2D eigenvalue weighted by Crippen LogP contribution is 2.36. The number of hydrogen-bond acceptors (Lipinski definition) is 7. The number of carboxylic acids is 1. The van der Waals surface area contributed by atoms with Crippen molar-refractivity contribution in [1.82, 2.24) is 15.0 Å². The number of alkyl halides is 5. The Labute approximate surface area is 179 Å². The lowest BCUT2D eigenvalue weighted by molar-refractivity contribution is -0.150. The van der Waals surface area contributed by atoms with Crippen LogP contribution >= 0.6 is 0 Å². The molecule has 1 atom stereocenters. The van der Waals surface area contributed by atoms with Crippen LogP contribution < -0.4 is 15.4 Å². The number of hydrogen-bond donors (Lipinski definition) is 2. The fourth-order valence-corrected chi connectivity index (χ4v) is 2.65. The zero-order valence-corrected chi connectivity index (χ0v) is 16.6. The van der Waals surface area contributed by atoms with Crippen LogP contribution in [0.3, 0.4) is 0 Å². The summed E-state index contributed by atoms with van der Waals surface area (Å²) in [4.78, 5) is 23.5. The van der Waals surface area contributed by atoms with E-state index in [-0.39, 0.29) is 23.1 Å². The monoisotopic (exact) mass is 461 g/mol. The molecule has 32 heavy (non-hydrogen) atoms. The van der Waals surface area contributed by atoms with Crippen molar-refractivity contribution >= 4 is 11.8 Å². The van der Waals surface area contributed by atoms with Crippen LogP contribution in [0.5, 0.6) is 5.88 Å². The van der Waals surface area contributed by atoms with Gasteiger partial charge in [0.25, 0.3) is 11.8 Å². The molecule has 8 nitrogen and oxygen atoms in total. The number of halogens is 5. The summed E-state index contributed by atoms with van der Waals surface area (Å²) in [6.45, 7) is -0.489. The number of nitrogens with two attached hydrogens (primary N) is 1. The maximum Gasteiger partial charge on any atom is 0.409 e. The summed E-state index contributed by atoms with van der Waals surface area (Å²) in [5.74, 6) is -3.32. The topological polar surface area (TPSA) is 114 Å². The first kappa shape index (κ1) is 23.6. The van der Waals surface area contributed by atoms with Gasteiger partial charge in [-0.05, 0) is 30.9 Å². The number of rotatable bonds is 6. The van der Waals surface area contributed by atoms with Crippen molar-refractivity contribution in [2.24, 2.45) is 11.7 Å². The van der Waals surface area contributed by atoms with Gasteiger partial charge in [0, 0.05) is 6.20 Å². The highest BCUT2D eigenvalue weighted by atomic mass is 19.4. The molecule has 3 N–H and O–H groups in total. The lowest BCUT2D eigenvalue weighted by Crippen LogP contribution is -2.56. The molecule has 3 heterocycles. The fourth-order valence-electron chi connectivity index (χ4n) is 2.65. The van der Waals surface area contributed by atoms with Crippen LogP contribution in [0.4, 0.5) is 27.8 Å². The molecule has 2 aliphatic rings. The Morgan fingerprint density at radius 3 is 2.47 bits per heavy atom. The van der Waals surface area contributed by atoms with Gasteiger partial charge in [0.1, 0.15) is 6.04 Å². The van der Waals surface area contributed by atoms with Crippen LogP contribution in [-0.2, 0) is 0 Å². The molecule has 1 saturated carbocycles. The molecule has 174 valence electrons. The molecule has 0 unspecified atom stereocenters. The van der Waals surface area contributed by atoms with E-state index in [1.54, 1.807) is 0 Å². The van der Waals surface area contributed by atoms with Crippen molar-refractivity contribution < 1.29 is 36.6 Å². The number of pyridine rings is 1. The average molecular weight is 461 g/mol. The van der Waals surface area contributed by atoms with Gasteiger partial charge < -0.3 is 20.5 Å². The smallest absolute Gasteiger partial charge is 0.409 e. The summed E-state index contributed by atoms with van der Waals surface area (Å²) in [5, 5.41) is 8.89. The van der Waals surface area contributed by atoms with E-state index in [1.165, 1.54) is 29.3 Å². The third-order valence-electron chi connectivity index (χ3n) is 4.60. The highest BCUT2D eigenvalue weighted by Gasteiger charge is 2.46. The molecule has 4 rings (SSSR count). The molecule has 0 spiro atoms. The van der Waals surface area contributed by atoms with Crippen molar-refractivity contribution in [3.05, 3.63) is 42.0 Å². The molecule has 1 aliphatic heterocycles. The van der Waals surface area contributed by atoms with Gasteiger partial charge in [-0.3, -0.25) is 4.98 Å². The van der Waals surface area contributed by atoms with Gasteiger partial charge in [0.2, 0.25) is 0 Å². The van der Waals surface area contributed by atoms with Gasteiger partial charge in [-0.15, -0.1) is 0 Å². The second kappa shape index (κ2) is 9.18. The minimum Gasteiger partial charge on any atom is -0.476 e. The largest absolute Gasteiger partial charge is 0.476 e. The predicted molar refractivity (Wildman–Crippen MR) is 102 cm³/mol. The molecule has 13 heteroatoms. The Hall–Kier alpha value is -3.09. The standard InChI is InChI=1S/C12H13F2N3O3.C7H7F3N2/c13-12(14)5-17(6-12)9-10(20-4-7-1-2-7)16-8(3-15-9)11(18)19;8-7(9,10)6(11)5-3-1-2-4-12-5/h3,7H,1-2,4-6H2,(H,18,19);1-4,6H,11H2/t;6-/m.0/s1. The highest BCUT2D eigenvalue weighted by molar-refractivity contribution is 5.85. The van der Waals surface area contributed by atoms with Crippen molar-refractivity contribution in [2.75, 3.05) is 24.6 Å². The molecule has 0 radical (unpaired) electrons. The average Bonchev–Trinajstić information content (AvgIpc) is 3.54. The number of anilines is 1. The summed E-state index contributed by atoms with van der Waals surface area (Å²) >= 11 is 0. The second-order valence-corrected chi connectivity index (χ2v) is 7.43. The SMILES string of the molecule is N[C@@H](c1ccccn1)C(F)(F)F.O=C(O)c1cnc(N2CC(F)(F)C2)c(OCC2CC2)n1. The molecular formula is C19H20F5N5O3. The van der Waals surface area contributed by atoms with Crippen LogP contribution in [0.15, 0.2) is 30.6 Å². The minimum atomic E-state index is -4.42. The van der Waals surface area contributed by atoms with Crippen LogP contribution in [0.2, 0.25) is 0 Å². The first-order chi connectivity index (χ1) is 15.0. The van der Waals surface area contributed by atoms with Crippen LogP contribution in [0.1, 0.15) is 35.1 Å². The van der Waals surface area contributed by atoms with E-state index in [4.69, 9.17) is 15.6 Å². The number of ether oxygens (including phenoxy) is 1. The number of aromatic carboxylic acids is 1. The lowest BCUT2D eigenvalue weighted by Gasteiger charge is -2.39. The molecule has 2 aromatic heterocycles. The van der Waals surface area contributed by atoms with Crippen molar-refractivity contribution in [3.63, 3.8) is 0 Å². The Morgan fingerprint density at radius 1 is 1.28 bits per heavy atom. The van der Waals surface area contributed by atoms with E-state index >= 15 is 0 Å². The third kappa shape index (κ3) is 6.22. The third-order valence-corrected chi connectivity index (χ3v) is 4.60. The molecule has 2 aromatic rings. The van der Waals surface area contributed by atoms with Crippen LogP contribution in [-0.4, -0.2) is 57.8 Å². The van der Waals surface area contributed by atoms with E-state index in [1.807, 2.05) is 0 Å². The van der Waals surface area contributed by atoms with Crippen molar-refractivity contribution in [3.8, 4) is 5.88 Å². The maximum absolute atomic E-state index is 12.9. The predicted octanol–water partition coefficient (Wildman–Crippen LogP) is 3.06. The molecule has 0 amide bonds. The maximum atomic E-state index is 12.9. The zero-order chi connectivity index (χ0) is 23.5. The minimum absolute atomic E-state index is 0.0206. The lowest BCUT2D eigenvalue weighted by atomic mass is 10.1. The Balaban J connectivity index is 0.000000207. The quantitative estimate of drug-likeness (QED) is 0.631. The molecule has 1 saturated heterocycles. The molecule has 2 fully saturated rings. The summed E-state index contributed by atoms with van der Waals surface area (Å²) in [6, 6.07) is 2.26.